The molecule has 2 unspecified atom stereocenters. The molecular weight excluding hydrogens is 373 g/mol. The van der Waals surface area contributed by atoms with Crippen LogP contribution < -0.4 is 29.6 Å². The number of alkyl halides is 2. The Balaban J connectivity index is 0.00000225. The molecule has 4 aliphatic carbocycles. The van der Waals surface area contributed by atoms with Crippen molar-refractivity contribution in [3.63, 3.8) is 0 Å². The summed E-state index contributed by atoms with van der Waals surface area (Å²) >= 11 is 0. The molecule has 7 nitrogen and oxygen atoms in total. The maximum atomic E-state index is 13.2. The fraction of sp³-hybridized carbons (Fsp3) is 0.857. The molecule has 0 spiro atoms. The predicted octanol–water partition coefficient (Wildman–Crippen LogP) is -1.66. The van der Waals surface area contributed by atoms with E-state index in [1.165, 1.54) is 0 Å². The van der Waals surface area contributed by atoms with Crippen LogP contribution in [0, 0.1) is 22.7 Å². The maximum Gasteiger partial charge on any atom is 1.00 e. The number of ether oxygens (including phenoxy) is 1. The zero-order valence-corrected chi connectivity index (χ0v) is 16.5. The van der Waals surface area contributed by atoms with Gasteiger partial charge in [0, 0.05) is 0 Å². The molecule has 0 radical (unpaired) electrons. The van der Waals surface area contributed by atoms with Gasteiger partial charge < -0.3 is 14.4 Å². The largest absolute Gasteiger partial charge is 1.00 e. The summed E-state index contributed by atoms with van der Waals surface area (Å²) in [5, 5.41) is 4.85. The Morgan fingerprint density at radius 3 is 2.08 bits per heavy atom. The van der Waals surface area contributed by atoms with Gasteiger partial charge in [0.25, 0.3) is 0 Å². The quantitative estimate of drug-likeness (QED) is 0.339. The average Bonchev–Trinajstić information content (AvgIpc) is 2.42. The van der Waals surface area contributed by atoms with Crippen molar-refractivity contribution in [2.45, 2.75) is 43.8 Å². The zero-order chi connectivity index (χ0) is 18.0. The second kappa shape index (κ2) is 6.40. The smallest absolute Gasteiger partial charge is 0.743 e. The van der Waals surface area contributed by atoms with Gasteiger partial charge in [-0.25, -0.2) is 8.42 Å². The summed E-state index contributed by atoms with van der Waals surface area (Å²) in [4.78, 5) is 24.1. The maximum absolute atomic E-state index is 13.2. The topological polar surface area (TPSA) is 121 Å². The van der Waals surface area contributed by atoms with Crippen LogP contribution in [-0.4, -0.2) is 41.9 Å². The summed E-state index contributed by atoms with van der Waals surface area (Å²) in [6.45, 7) is -1.84. The molecule has 0 aromatic heterocycles. The number of rotatable bonds is 5. The molecule has 4 atom stereocenters. The number of aliphatic carboxylic acids is 1. The number of carbonyl (C=O) groups excluding carboxylic acids is 1. The molecule has 136 valence electrons. The van der Waals surface area contributed by atoms with Crippen LogP contribution in [0.1, 0.15) is 38.5 Å². The molecule has 0 heterocycles. The average molecular weight is 390 g/mol. The summed E-state index contributed by atoms with van der Waals surface area (Å²) in [6, 6.07) is 0. The molecule has 1 N–H and O–H groups in total. The minimum absolute atomic E-state index is 0. The summed E-state index contributed by atoms with van der Waals surface area (Å²) in [6.07, 6.45) is 2.43. The Kier molecular flexibility index (Phi) is 5.38. The van der Waals surface area contributed by atoms with Gasteiger partial charge in [-0.15, -0.1) is 0 Å². The van der Waals surface area contributed by atoms with Crippen molar-refractivity contribution in [2.75, 3.05) is 6.61 Å². The molecule has 11 heteroatoms. The molecule has 4 saturated carbocycles. The van der Waals surface area contributed by atoms with Gasteiger partial charge >= 0.3 is 46.8 Å². The van der Waals surface area contributed by atoms with E-state index in [0.717, 1.165) is 6.42 Å². The first kappa shape index (κ1) is 21.0. The Hall–Kier alpha value is -0.290. The molecule has 25 heavy (non-hydrogen) atoms. The monoisotopic (exact) mass is 390 g/mol. The number of halogens is 2. The van der Waals surface area contributed by atoms with Crippen molar-refractivity contribution < 1.29 is 70.7 Å². The third-order valence-electron chi connectivity index (χ3n) is 5.68. The van der Waals surface area contributed by atoms with Crippen LogP contribution in [-0.2, 0) is 24.4 Å². The SMILES string of the molecule is O=C(O)C12C[C@H]3C[C@@H](C1)CC(C(=O)OCC(F)(F)S(=O)(=O)[O-])(C3)C2.[Na+]. The van der Waals surface area contributed by atoms with Gasteiger partial charge in [-0.3, -0.25) is 9.59 Å². The van der Waals surface area contributed by atoms with Gasteiger partial charge in [0.05, 0.1) is 10.8 Å². The molecule has 0 aromatic carbocycles. The van der Waals surface area contributed by atoms with Crippen LogP contribution in [0.4, 0.5) is 8.78 Å². The fourth-order valence-electron chi connectivity index (χ4n) is 5.13. The third kappa shape index (κ3) is 3.47. The number of esters is 1. The van der Waals surface area contributed by atoms with E-state index in [9.17, 15) is 36.4 Å². The Bertz CT molecular complexity index is 679. The Morgan fingerprint density at radius 2 is 1.64 bits per heavy atom. The van der Waals surface area contributed by atoms with Crippen molar-refractivity contribution in [3.05, 3.63) is 0 Å². The van der Waals surface area contributed by atoms with Crippen molar-refractivity contribution in [3.8, 4) is 0 Å². The number of carbonyl (C=O) groups is 2. The van der Waals surface area contributed by atoms with E-state index < -0.39 is 44.7 Å². The normalized spacial score (nSPS) is 36.6. The van der Waals surface area contributed by atoms with Gasteiger partial charge in [-0.1, -0.05) is 0 Å². The molecule has 0 saturated heterocycles. The van der Waals surface area contributed by atoms with Crippen LogP contribution in [0.15, 0.2) is 0 Å². The minimum Gasteiger partial charge on any atom is -0.743 e. The van der Waals surface area contributed by atoms with Crippen LogP contribution in [0.25, 0.3) is 0 Å². The van der Waals surface area contributed by atoms with Gasteiger partial charge in [-0.05, 0) is 50.4 Å². The fourth-order valence-corrected chi connectivity index (χ4v) is 5.33. The van der Waals surface area contributed by atoms with E-state index in [4.69, 9.17) is 0 Å². The van der Waals surface area contributed by atoms with Crippen molar-refractivity contribution >= 4 is 22.1 Å². The van der Waals surface area contributed by atoms with E-state index >= 15 is 0 Å². The third-order valence-corrected chi connectivity index (χ3v) is 6.53. The Labute approximate surface area is 165 Å². The molecule has 0 aliphatic heterocycles. The predicted molar refractivity (Wildman–Crippen MR) is 72.8 cm³/mol. The second-order valence-corrected chi connectivity index (χ2v) is 9.00. The van der Waals surface area contributed by atoms with E-state index in [-0.39, 0.29) is 47.8 Å². The summed E-state index contributed by atoms with van der Waals surface area (Å²) in [5.41, 5.74) is -2.22. The van der Waals surface area contributed by atoms with Crippen LogP contribution >= 0.6 is 0 Å². The van der Waals surface area contributed by atoms with Gasteiger partial charge in [-0.2, -0.15) is 8.78 Å². The molecule has 4 fully saturated rings. The van der Waals surface area contributed by atoms with Gasteiger partial charge in [0.15, 0.2) is 16.7 Å². The van der Waals surface area contributed by atoms with Gasteiger partial charge in [0.1, 0.15) is 0 Å². The first-order valence-electron chi connectivity index (χ1n) is 7.63. The molecule has 4 aliphatic rings. The van der Waals surface area contributed by atoms with E-state index in [1.807, 2.05) is 0 Å². The number of carboxylic acids is 1. The molecule has 0 aromatic rings. The van der Waals surface area contributed by atoms with Gasteiger partial charge in [0.2, 0.25) is 0 Å². The van der Waals surface area contributed by atoms with Crippen LogP contribution in [0.2, 0.25) is 0 Å². The first-order valence-corrected chi connectivity index (χ1v) is 9.04. The van der Waals surface area contributed by atoms with Crippen molar-refractivity contribution in [1.29, 1.82) is 0 Å². The first-order chi connectivity index (χ1) is 10.9. The zero-order valence-electron chi connectivity index (χ0n) is 13.7. The van der Waals surface area contributed by atoms with Crippen LogP contribution in [0.3, 0.4) is 0 Å². The standard InChI is InChI=1S/C14H18F2O7S.Na/c15-14(16,24(20,21)22)7-23-11(19)13-4-8-1-9(5-13)3-12(2-8,6-13)10(17)18;/h8-9H,1-7H2,(H,17,18)(H,20,21,22);/q;+1/p-1/t8-,9+,12?,13?;. The minimum atomic E-state index is -5.93. The Morgan fingerprint density at radius 1 is 1.16 bits per heavy atom. The van der Waals surface area contributed by atoms with E-state index in [0.29, 0.717) is 25.7 Å². The van der Waals surface area contributed by atoms with Crippen LogP contribution in [0.5, 0.6) is 0 Å². The second-order valence-electron chi connectivity index (χ2n) is 7.49. The van der Waals surface area contributed by atoms with E-state index in [2.05, 4.69) is 4.74 Å². The van der Waals surface area contributed by atoms with Crippen molar-refractivity contribution in [2.24, 2.45) is 22.7 Å². The summed E-state index contributed by atoms with van der Waals surface area (Å²) in [5.74, 6) is -2.00. The van der Waals surface area contributed by atoms with E-state index in [1.54, 1.807) is 0 Å². The number of carboxylic acid groups (broad SMARTS) is 1. The van der Waals surface area contributed by atoms with Crippen molar-refractivity contribution in [1.82, 2.24) is 0 Å². The molecule has 4 bridgehead atoms. The molecule has 0 amide bonds. The molecular formula is C14H17F2NaO7S. The molecule has 4 rings (SSSR count). The number of hydrogen-bond acceptors (Lipinski definition) is 6. The number of hydrogen-bond donors (Lipinski definition) is 1. The summed E-state index contributed by atoms with van der Waals surface area (Å²) < 4.78 is 62.3. The summed E-state index contributed by atoms with van der Waals surface area (Å²) in [7, 11) is -5.93.